The third-order valence-electron chi connectivity index (χ3n) is 1.59. The average Bonchev–Trinajstić information content (AvgIpc) is 2.38. The summed E-state index contributed by atoms with van der Waals surface area (Å²) in [5.41, 5.74) is 4.33. The molecule has 0 spiro atoms. The Morgan fingerprint density at radius 3 is 2.69 bits per heavy atom. The predicted molar refractivity (Wildman–Crippen MR) is 67.1 cm³/mol. The number of hydrogen-bond acceptors (Lipinski definition) is 3. The molecule has 4 nitrogen and oxygen atoms in total. The Balaban J connectivity index is 0.00000106. The first-order valence-electron chi connectivity index (χ1n) is 4.29. The maximum absolute atomic E-state index is 4.87. The summed E-state index contributed by atoms with van der Waals surface area (Å²) in [6, 6.07) is 5.67. The Kier molecular flexibility index (Phi) is 9.39. The SMILES string of the molecule is CNC(=S)NN=C(C)c1ccccn1.[Cl][Pt]. The van der Waals surface area contributed by atoms with Crippen molar-refractivity contribution in [3.63, 3.8) is 0 Å². The standard InChI is InChI=1S/C9H12N4S.ClH.Pt/c1-7(12-13-9(14)10-2)8-5-3-4-6-11-8;;/h3-6H,1-2H3,(H2,10,13,14);1H;/q;;+1/p-1. The Morgan fingerprint density at radius 2 is 2.19 bits per heavy atom. The molecule has 0 fully saturated rings. The van der Waals surface area contributed by atoms with Gasteiger partial charge in [-0.2, -0.15) is 5.10 Å². The summed E-state index contributed by atoms with van der Waals surface area (Å²) in [7, 11) is 6.35. The van der Waals surface area contributed by atoms with E-state index in [1.54, 1.807) is 32.0 Å². The van der Waals surface area contributed by atoms with Crippen molar-refractivity contribution in [2.24, 2.45) is 5.10 Å². The topological polar surface area (TPSA) is 49.3 Å². The number of aromatic nitrogens is 1. The molecule has 16 heavy (non-hydrogen) atoms. The van der Waals surface area contributed by atoms with Crippen LogP contribution in [0.4, 0.5) is 0 Å². The van der Waals surface area contributed by atoms with Gasteiger partial charge in [0.25, 0.3) is 0 Å². The molecule has 0 atom stereocenters. The van der Waals surface area contributed by atoms with Crippen LogP contribution < -0.4 is 10.7 Å². The van der Waals surface area contributed by atoms with Gasteiger partial charge in [0.05, 0.1) is 11.4 Å². The van der Waals surface area contributed by atoms with Crippen LogP contribution in [-0.4, -0.2) is 22.9 Å². The zero-order valence-corrected chi connectivity index (χ0v) is 12.7. The number of nitrogens with one attached hydrogen (secondary N) is 2. The molecule has 2 N–H and O–H groups in total. The minimum absolute atomic E-state index is 0.486. The molecular formula is C9H12ClN4PtS. The molecule has 1 heterocycles. The van der Waals surface area contributed by atoms with Crippen LogP contribution in [0.15, 0.2) is 29.5 Å². The van der Waals surface area contributed by atoms with Crippen LogP contribution in [0.25, 0.3) is 0 Å². The van der Waals surface area contributed by atoms with E-state index in [4.69, 9.17) is 12.2 Å². The van der Waals surface area contributed by atoms with Crippen LogP contribution >= 0.6 is 21.6 Å². The first-order valence-corrected chi connectivity index (χ1v) is 7.52. The van der Waals surface area contributed by atoms with Crippen molar-refractivity contribution in [1.82, 2.24) is 15.7 Å². The molecule has 1 aromatic heterocycles. The number of nitrogens with zero attached hydrogens (tertiary/aromatic N) is 2. The van der Waals surface area contributed by atoms with Crippen LogP contribution in [-0.2, 0) is 18.8 Å². The molecule has 0 radical (unpaired) electrons. The van der Waals surface area contributed by atoms with Gasteiger partial charge >= 0.3 is 28.2 Å². The van der Waals surface area contributed by atoms with Gasteiger partial charge in [0.2, 0.25) is 0 Å². The summed E-state index contributed by atoms with van der Waals surface area (Å²) in [4.78, 5) is 4.15. The molecule has 91 valence electrons. The molecule has 0 aliphatic rings. The average molecular weight is 439 g/mol. The van der Waals surface area contributed by atoms with E-state index in [2.05, 4.69) is 30.2 Å². The van der Waals surface area contributed by atoms with Crippen molar-refractivity contribution in [2.45, 2.75) is 6.92 Å². The summed E-state index contributed by atoms with van der Waals surface area (Å²) in [6.07, 6.45) is 1.73. The van der Waals surface area contributed by atoms with Gasteiger partial charge in [-0.05, 0) is 31.3 Å². The summed E-state index contributed by atoms with van der Waals surface area (Å²) in [6.45, 7) is 1.87. The Hall–Kier alpha value is -0.512. The molecule has 0 saturated heterocycles. The van der Waals surface area contributed by atoms with Gasteiger partial charge < -0.3 is 5.32 Å². The van der Waals surface area contributed by atoms with Crippen LogP contribution in [0.1, 0.15) is 12.6 Å². The molecule has 7 heteroatoms. The van der Waals surface area contributed by atoms with Crippen molar-refractivity contribution >= 4 is 32.5 Å². The number of hydrazone groups is 1. The third-order valence-corrected chi connectivity index (χ3v) is 1.88. The number of hydrogen-bond donors (Lipinski definition) is 2. The van der Waals surface area contributed by atoms with Gasteiger partial charge in [0.1, 0.15) is 0 Å². The van der Waals surface area contributed by atoms with Gasteiger partial charge in [-0.1, -0.05) is 6.07 Å². The zero-order valence-electron chi connectivity index (χ0n) is 8.81. The minimum atomic E-state index is 0.486. The molecule has 0 unspecified atom stereocenters. The maximum atomic E-state index is 4.87. The van der Waals surface area contributed by atoms with Gasteiger partial charge in [-0.25, -0.2) is 0 Å². The molecule has 0 amide bonds. The van der Waals surface area contributed by atoms with Crippen LogP contribution in [0.5, 0.6) is 0 Å². The van der Waals surface area contributed by atoms with Crippen molar-refractivity contribution in [2.75, 3.05) is 7.05 Å². The van der Waals surface area contributed by atoms with E-state index in [0.29, 0.717) is 5.11 Å². The summed E-state index contributed by atoms with van der Waals surface area (Å²) in [5.74, 6) is 0. The summed E-state index contributed by atoms with van der Waals surface area (Å²) in [5, 5.41) is 7.32. The number of halogens is 1. The van der Waals surface area contributed by atoms with E-state index < -0.39 is 0 Å². The molecular weight excluding hydrogens is 427 g/mol. The van der Waals surface area contributed by atoms with E-state index in [0.717, 1.165) is 11.4 Å². The van der Waals surface area contributed by atoms with E-state index >= 15 is 0 Å². The molecule has 0 saturated carbocycles. The summed E-state index contributed by atoms with van der Waals surface area (Å²) >= 11 is 6.49. The van der Waals surface area contributed by atoms with Crippen LogP contribution in [0, 0.1) is 0 Å². The van der Waals surface area contributed by atoms with Crippen LogP contribution in [0.2, 0.25) is 0 Å². The second kappa shape index (κ2) is 9.70. The fraction of sp³-hybridized carbons (Fsp3) is 0.222. The van der Waals surface area contributed by atoms with Gasteiger partial charge in [-0.3, -0.25) is 10.4 Å². The molecule has 0 aliphatic carbocycles. The third kappa shape index (κ3) is 6.15. The van der Waals surface area contributed by atoms with E-state index in [1.807, 2.05) is 25.1 Å². The molecule has 0 bridgehead atoms. The van der Waals surface area contributed by atoms with Gasteiger partial charge in [-0.15, -0.1) is 0 Å². The van der Waals surface area contributed by atoms with Gasteiger partial charge in [0, 0.05) is 13.2 Å². The zero-order chi connectivity index (χ0) is 12.4. The molecule has 0 aliphatic heterocycles. The Bertz CT molecular complexity index is 345. The van der Waals surface area contributed by atoms with E-state index in [9.17, 15) is 0 Å². The summed E-state index contributed by atoms with van der Waals surface area (Å²) < 4.78 is 0. The molecule has 1 rings (SSSR count). The second-order valence-electron chi connectivity index (χ2n) is 2.60. The number of pyridine rings is 1. The fourth-order valence-corrected chi connectivity index (χ4v) is 0.870. The van der Waals surface area contributed by atoms with Gasteiger partial charge in [0.15, 0.2) is 5.11 Å². The monoisotopic (exact) mass is 438 g/mol. The van der Waals surface area contributed by atoms with Crippen molar-refractivity contribution in [1.29, 1.82) is 0 Å². The van der Waals surface area contributed by atoms with Crippen LogP contribution in [0.3, 0.4) is 0 Å². The van der Waals surface area contributed by atoms with Crippen molar-refractivity contribution in [3.05, 3.63) is 30.1 Å². The fourth-order valence-electron chi connectivity index (χ4n) is 0.825. The number of thiocarbonyl (C=S) groups is 1. The molecule has 0 aromatic carbocycles. The Morgan fingerprint density at radius 1 is 1.50 bits per heavy atom. The second-order valence-corrected chi connectivity index (χ2v) is 3.01. The molecule has 1 aromatic rings. The van der Waals surface area contributed by atoms with E-state index in [1.165, 1.54) is 0 Å². The first kappa shape index (κ1) is 15.5. The quantitative estimate of drug-likeness (QED) is 0.418. The van der Waals surface area contributed by atoms with Crippen molar-refractivity contribution in [3.8, 4) is 0 Å². The van der Waals surface area contributed by atoms with Crippen molar-refractivity contribution < 1.29 is 18.8 Å². The normalized spacial score (nSPS) is 9.94. The van der Waals surface area contributed by atoms with E-state index in [-0.39, 0.29) is 0 Å². The first-order chi connectivity index (χ1) is 7.74. The predicted octanol–water partition coefficient (Wildman–Crippen LogP) is 1.59. The Labute approximate surface area is 116 Å². The number of rotatable bonds is 2.